The normalized spacial score (nSPS) is 12.1. The lowest BCUT2D eigenvalue weighted by Gasteiger charge is -2.26. The second kappa shape index (κ2) is 7.00. The van der Waals surface area contributed by atoms with E-state index in [4.69, 9.17) is 10.6 Å². The Morgan fingerprint density at radius 1 is 1.44 bits per heavy atom. The van der Waals surface area contributed by atoms with Gasteiger partial charge < -0.3 is 15.1 Å². The molecule has 1 atom stereocenters. The molecule has 102 valence electrons. The van der Waals surface area contributed by atoms with Crippen LogP contribution >= 0.6 is 0 Å². The van der Waals surface area contributed by atoms with E-state index in [0.29, 0.717) is 17.5 Å². The van der Waals surface area contributed by atoms with Crippen LogP contribution in [-0.2, 0) is 0 Å². The molecule has 1 heterocycles. The van der Waals surface area contributed by atoms with Gasteiger partial charge in [0.15, 0.2) is 11.6 Å². The summed E-state index contributed by atoms with van der Waals surface area (Å²) in [5.74, 6) is 7.90. The van der Waals surface area contributed by atoms with Gasteiger partial charge in [-0.05, 0) is 12.8 Å². The summed E-state index contributed by atoms with van der Waals surface area (Å²) in [7, 11) is 1.60. The fourth-order valence-corrected chi connectivity index (χ4v) is 1.75. The summed E-state index contributed by atoms with van der Waals surface area (Å²) in [6, 6.07) is 0. The molecule has 0 spiro atoms. The van der Waals surface area contributed by atoms with Crippen molar-refractivity contribution in [2.24, 2.45) is 11.8 Å². The highest BCUT2D eigenvalue weighted by Gasteiger charge is 2.18. The Morgan fingerprint density at radius 3 is 2.67 bits per heavy atom. The molecular formula is C12H23N5O. The molecular weight excluding hydrogens is 230 g/mol. The zero-order valence-corrected chi connectivity index (χ0v) is 11.6. The molecule has 1 aromatic heterocycles. The first-order valence-corrected chi connectivity index (χ1v) is 6.28. The van der Waals surface area contributed by atoms with Gasteiger partial charge in [-0.3, -0.25) is 0 Å². The largest absolute Gasteiger partial charge is 0.490 e. The lowest BCUT2D eigenvalue weighted by molar-refractivity contribution is 0.410. The number of methoxy groups -OCH3 is 1. The van der Waals surface area contributed by atoms with Gasteiger partial charge in [0.05, 0.1) is 7.11 Å². The van der Waals surface area contributed by atoms with E-state index in [1.54, 1.807) is 7.11 Å². The molecule has 0 aliphatic carbocycles. The molecule has 6 nitrogen and oxygen atoms in total. The number of aromatic nitrogens is 2. The third kappa shape index (κ3) is 3.22. The first kappa shape index (κ1) is 14.5. The molecule has 0 aliphatic heterocycles. The van der Waals surface area contributed by atoms with Crippen LogP contribution in [0.25, 0.3) is 0 Å². The van der Waals surface area contributed by atoms with E-state index in [9.17, 15) is 0 Å². The average Bonchev–Trinajstić information content (AvgIpc) is 2.43. The standard InChI is InChI=1S/C12H23N5O/c1-5-9(3)7-17(6-2)12-10(18-4)11(16-13)14-8-15-12/h8-9H,5-7,13H2,1-4H3,(H,14,15,16). The molecule has 18 heavy (non-hydrogen) atoms. The van der Waals surface area contributed by atoms with Gasteiger partial charge >= 0.3 is 0 Å². The van der Waals surface area contributed by atoms with E-state index in [-0.39, 0.29) is 0 Å². The van der Waals surface area contributed by atoms with Crippen molar-refractivity contribution in [3.63, 3.8) is 0 Å². The van der Waals surface area contributed by atoms with Crippen LogP contribution in [0.3, 0.4) is 0 Å². The molecule has 3 N–H and O–H groups in total. The number of nitrogen functional groups attached to an aromatic ring is 1. The minimum Gasteiger partial charge on any atom is -0.490 e. The van der Waals surface area contributed by atoms with Gasteiger partial charge in [0.25, 0.3) is 0 Å². The second-order valence-electron chi connectivity index (χ2n) is 4.28. The zero-order valence-electron chi connectivity index (χ0n) is 11.6. The van der Waals surface area contributed by atoms with Crippen molar-refractivity contribution in [2.75, 3.05) is 30.5 Å². The van der Waals surface area contributed by atoms with E-state index in [1.807, 2.05) is 0 Å². The minimum absolute atomic E-state index is 0.505. The molecule has 0 saturated heterocycles. The van der Waals surface area contributed by atoms with E-state index in [1.165, 1.54) is 6.33 Å². The number of anilines is 2. The van der Waals surface area contributed by atoms with Crippen molar-refractivity contribution in [1.82, 2.24) is 9.97 Å². The molecule has 1 rings (SSSR count). The first-order chi connectivity index (χ1) is 8.67. The highest BCUT2D eigenvalue weighted by Crippen LogP contribution is 2.31. The lowest BCUT2D eigenvalue weighted by Crippen LogP contribution is -2.29. The SMILES string of the molecule is CCC(C)CN(CC)c1ncnc(NN)c1OC. The summed E-state index contributed by atoms with van der Waals surface area (Å²) in [6.07, 6.45) is 2.62. The third-order valence-electron chi connectivity index (χ3n) is 3.04. The second-order valence-corrected chi connectivity index (χ2v) is 4.28. The van der Waals surface area contributed by atoms with Crippen LogP contribution in [0.2, 0.25) is 0 Å². The Labute approximate surface area is 109 Å². The maximum absolute atomic E-state index is 5.43. The van der Waals surface area contributed by atoms with E-state index in [0.717, 1.165) is 25.3 Å². The van der Waals surface area contributed by atoms with Crippen LogP contribution in [-0.4, -0.2) is 30.2 Å². The maximum Gasteiger partial charge on any atom is 0.205 e. The van der Waals surface area contributed by atoms with Gasteiger partial charge in [0.1, 0.15) is 6.33 Å². The van der Waals surface area contributed by atoms with Crippen molar-refractivity contribution in [3.8, 4) is 5.75 Å². The summed E-state index contributed by atoms with van der Waals surface area (Å²) in [5.41, 5.74) is 2.53. The number of ether oxygens (including phenoxy) is 1. The predicted molar refractivity (Wildman–Crippen MR) is 73.7 cm³/mol. The van der Waals surface area contributed by atoms with E-state index < -0.39 is 0 Å². The van der Waals surface area contributed by atoms with Crippen LogP contribution in [0, 0.1) is 5.92 Å². The number of nitrogens with two attached hydrogens (primary N) is 1. The van der Waals surface area contributed by atoms with Crippen LogP contribution < -0.4 is 20.9 Å². The van der Waals surface area contributed by atoms with Crippen LogP contribution in [0.15, 0.2) is 6.33 Å². The summed E-state index contributed by atoms with van der Waals surface area (Å²) in [5, 5.41) is 0. The van der Waals surface area contributed by atoms with Crippen molar-refractivity contribution < 1.29 is 4.74 Å². The molecule has 0 radical (unpaired) electrons. The van der Waals surface area contributed by atoms with Crippen LogP contribution in [0.1, 0.15) is 27.2 Å². The van der Waals surface area contributed by atoms with Gasteiger partial charge in [0, 0.05) is 13.1 Å². The zero-order chi connectivity index (χ0) is 13.5. The van der Waals surface area contributed by atoms with Gasteiger partial charge in [-0.15, -0.1) is 0 Å². The van der Waals surface area contributed by atoms with Gasteiger partial charge in [-0.1, -0.05) is 20.3 Å². The highest BCUT2D eigenvalue weighted by molar-refractivity contribution is 5.64. The minimum atomic E-state index is 0.505. The molecule has 1 unspecified atom stereocenters. The number of hydrogen-bond donors (Lipinski definition) is 2. The molecule has 0 aromatic carbocycles. The molecule has 0 saturated carbocycles. The summed E-state index contributed by atoms with van der Waals surface area (Å²) in [6.45, 7) is 8.30. The van der Waals surface area contributed by atoms with E-state index in [2.05, 4.69) is 41.1 Å². The number of nitrogens with one attached hydrogen (secondary N) is 1. The number of hydrogen-bond acceptors (Lipinski definition) is 6. The van der Waals surface area contributed by atoms with Crippen LogP contribution in [0.4, 0.5) is 11.6 Å². The lowest BCUT2D eigenvalue weighted by atomic mass is 10.1. The Balaban J connectivity index is 3.04. The van der Waals surface area contributed by atoms with Crippen LogP contribution in [0.5, 0.6) is 5.75 Å². The van der Waals surface area contributed by atoms with Crippen molar-refractivity contribution in [3.05, 3.63) is 6.33 Å². The molecule has 0 fully saturated rings. The number of nitrogens with zero attached hydrogens (tertiary/aromatic N) is 3. The maximum atomic E-state index is 5.43. The third-order valence-corrected chi connectivity index (χ3v) is 3.04. The fourth-order valence-electron chi connectivity index (χ4n) is 1.75. The average molecular weight is 253 g/mol. The van der Waals surface area contributed by atoms with Crippen molar-refractivity contribution >= 4 is 11.6 Å². The quantitative estimate of drug-likeness (QED) is 0.568. The Bertz CT molecular complexity index is 371. The molecule has 0 amide bonds. The Kier molecular flexibility index (Phi) is 5.64. The first-order valence-electron chi connectivity index (χ1n) is 6.28. The Hall–Kier alpha value is -1.56. The Morgan fingerprint density at radius 2 is 2.17 bits per heavy atom. The molecule has 0 bridgehead atoms. The van der Waals surface area contributed by atoms with Gasteiger partial charge in [0.2, 0.25) is 5.75 Å². The van der Waals surface area contributed by atoms with E-state index >= 15 is 0 Å². The smallest absolute Gasteiger partial charge is 0.205 e. The number of hydrazine groups is 1. The predicted octanol–water partition coefficient (Wildman–Crippen LogP) is 1.64. The number of rotatable bonds is 7. The van der Waals surface area contributed by atoms with Gasteiger partial charge in [-0.25, -0.2) is 15.8 Å². The van der Waals surface area contributed by atoms with Crippen molar-refractivity contribution in [2.45, 2.75) is 27.2 Å². The fraction of sp³-hybridized carbons (Fsp3) is 0.667. The molecule has 6 heteroatoms. The highest BCUT2D eigenvalue weighted by atomic mass is 16.5. The summed E-state index contributed by atoms with van der Waals surface area (Å²) < 4.78 is 5.36. The topological polar surface area (TPSA) is 76.3 Å². The monoisotopic (exact) mass is 253 g/mol. The molecule has 1 aromatic rings. The summed E-state index contributed by atoms with van der Waals surface area (Å²) in [4.78, 5) is 10.5. The summed E-state index contributed by atoms with van der Waals surface area (Å²) >= 11 is 0. The van der Waals surface area contributed by atoms with Gasteiger partial charge in [-0.2, -0.15) is 0 Å². The molecule has 0 aliphatic rings. The van der Waals surface area contributed by atoms with Crippen molar-refractivity contribution in [1.29, 1.82) is 0 Å².